The van der Waals surface area contributed by atoms with Crippen LogP contribution in [0.25, 0.3) is 0 Å². The highest BCUT2D eigenvalue weighted by atomic mass is 32.2. The van der Waals surface area contributed by atoms with Gasteiger partial charge in [-0.1, -0.05) is 6.92 Å². The molecule has 0 aliphatic rings. The summed E-state index contributed by atoms with van der Waals surface area (Å²) >= 11 is 1.49. The molecule has 0 aliphatic carbocycles. The first kappa shape index (κ1) is 15.7. The second-order valence-corrected chi connectivity index (χ2v) is 5.61. The van der Waals surface area contributed by atoms with E-state index >= 15 is 0 Å². The van der Waals surface area contributed by atoms with E-state index in [1.54, 1.807) is 19.1 Å². The van der Waals surface area contributed by atoms with Gasteiger partial charge in [0.15, 0.2) is 11.6 Å². The van der Waals surface area contributed by atoms with E-state index in [-0.39, 0.29) is 11.6 Å². The van der Waals surface area contributed by atoms with Crippen molar-refractivity contribution < 1.29 is 8.78 Å². The van der Waals surface area contributed by atoms with Crippen LogP contribution in [0.5, 0.6) is 0 Å². The van der Waals surface area contributed by atoms with Crippen molar-refractivity contribution in [1.82, 2.24) is 9.97 Å². The number of rotatable bonds is 6. The highest BCUT2D eigenvalue weighted by molar-refractivity contribution is 7.98. The molecule has 0 radical (unpaired) electrons. The van der Waals surface area contributed by atoms with Gasteiger partial charge in [0.05, 0.1) is 11.4 Å². The Labute approximate surface area is 127 Å². The minimum Gasteiger partial charge on any atom is -0.368 e. The Morgan fingerprint density at radius 2 is 1.86 bits per heavy atom. The van der Waals surface area contributed by atoms with Crippen LogP contribution in [0.1, 0.15) is 24.9 Å². The van der Waals surface area contributed by atoms with Crippen LogP contribution in [0.4, 0.5) is 14.6 Å². The van der Waals surface area contributed by atoms with Crippen LogP contribution in [0.15, 0.2) is 29.2 Å². The quantitative estimate of drug-likeness (QED) is 0.812. The summed E-state index contributed by atoms with van der Waals surface area (Å²) in [4.78, 5) is 9.29. The first-order chi connectivity index (χ1) is 10.1. The van der Waals surface area contributed by atoms with Gasteiger partial charge < -0.3 is 5.32 Å². The van der Waals surface area contributed by atoms with E-state index in [9.17, 15) is 8.78 Å². The molecule has 2 rings (SSSR count). The second kappa shape index (κ2) is 7.36. The third kappa shape index (κ3) is 4.39. The van der Waals surface area contributed by atoms with Gasteiger partial charge in [0.25, 0.3) is 0 Å². The molecule has 1 N–H and O–H groups in total. The molecule has 2 aromatic rings. The molecule has 1 aromatic heterocycles. The number of benzene rings is 1. The summed E-state index contributed by atoms with van der Waals surface area (Å²) in [6.07, 6.45) is 0.891. The lowest BCUT2D eigenvalue weighted by Crippen LogP contribution is -2.09. The summed E-state index contributed by atoms with van der Waals surface area (Å²) in [5.41, 5.74) is 0.332. The predicted molar refractivity (Wildman–Crippen MR) is 81.5 cm³/mol. The van der Waals surface area contributed by atoms with Crippen LogP contribution >= 0.6 is 11.8 Å². The largest absolute Gasteiger partial charge is 0.368 e. The zero-order valence-corrected chi connectivity index (χ0v) is 12.8. The third-order valence-electron chi connectivity index (χ3n) is 2.79. The number of anilines is 1. The number of hydrogen-bond donors (Lipinski definition) is 1. The number of hydrogen-bond acceptors (Lipinski definition) is 4. The van der Waals surface area contributed by atoms with Gasteiger partial charge in [-0.15, -0.1) is 11.8 Å². The fourth-order valence-electron chi connectivity index (χ4n) is 1.72. The van der Waals surface area contributed by atoms with Gasteiger partial charge in [0.1, 0.15) is 11.6 Å². The van der Waals surface area contributed by atoms with Crippen LogP contribution < -0.4 is 5.32 Å². The molecule has 0 saturated carbocycles. The number of aryl methyl sites for hydroxylation is 1. The average Bonchev–Trinajstić information content (AvgIpc) is 2.48. The van der Waals surface area contributed by atoms with Gasteiger partial charge in [-0.3, -0.25) is 0 Å². The standard InChI is InChI=1S/C15H17F2N3S/c1-3-8-18-15-14(17)10(2)19-13(20-15)9-21-12-6-4-11(16)5-7-12/h4-7H,3,8-9H2,1-2H3,(H,18,19,20). The number of aromatic nitrogens is 2. The molecular formula is C15H17F2N3S. The number of nitrogens with one attached hydrogen (secondary N) is 1. The fourth-order valence-corrected chi connectivity index (χ4v) is 2.47. The first-order valence-corrected chi connectivity index (χ1v) is 7.74. The summed E-state index contributed by atoms with van der Waals surface area (Å²) in [6.45, 7) is 4.29. The molecule has 0 saturated heterocycles. The van der Waals surface area contributed by atoms with Gasteiger partial charge in [-0.25, -0.2) is 18.7 Å². The van der Waals surface area contributed by atoms with Crippen LogP contribution in [-0.4, -0.2) is 16.5 Å². The van der Waals surface area contributed by atoms with Crippen LogP contribution in [-0.2, 0) is 5.75 Å². The Kier molecular flexibility index (Phi) is 5.50. The summed E-state index contributed by atoms with van der Waals surface area (Å²) in [5.74, 6) is 0.646. The highest BCUT2D eigenvalue weighted by Crippen LogP contribution is 2.23. The number of thioether (sulfide) groups is 1. The van der Waals surface area contributed by atoms with Crippen molar-refractivity contribution in [2.24, 2.45) is 0 Å². The van der Waals surface area contributed by atoms with Crippen molar-refractivity contribution in [3.8, 4) is 0 Å². The highest BCUT2D eigenvalue weighted by Gasteiger charge is 2.11. The smallest absolute Gasteiger partial charge is 0.186 e. The Balaban J connectivity index is 2.08. The van der Waals surface area contributed by atoms with E-state index in [1.165, 1.54) is 23.9 Å². The summed E-state index contributed by atoms with van der Waals surface area (Å²) < 4.78 is 26.7. The normalized spacial score (nSPS) is 10.7. The predicted octanol–water partition coefficient (Wildman–Crippen LogP) is 4.18. The van der Waals surface area contributed by atoms with Gasteiger partial charge in [0, 0.05) is 11.4 Å². The molecule has 1 aromatic carbocycles. The lowest BCUT2D eigenvalue weighted by molar-refractivity contribution is 0.601. The molecule has 112 valence electrons. The van der Waals surface area contributed by atoms with Crippen molar-refractivity contribution in [2.45, 2.75) is 30.9 Å². The topological polar surface area (TPSA) is 37.8 Å². The summed E-state index contributed by atoms with van der Waals surface area (Å²) in [6, 6.07) is 6.22. The van der Waals surface area contributed by atoms with Crippen molar-refractivity contribution in [1.29, 1.82) is 0 Å². The number of halogens is 2. The van der Waals surface area contributed by atoms with Crippen LogP contribution in [0.3, 0.4) is 0 Å². The molecule has 0 atom stereocenters. The molecule has 21 heavy (non-hydrogen) atoms. The average molecular weight is 309 g/mol. The summed E-state index contributed by atoms with van der Waals surface area (Å²) in [5, 5.41) is 2.96. The van der Waals surface area contributed by atoms with E-state index in [1.807, 2.05) is 6.92 Å². The lowest BCUT2D eigenvalue weighted by Gasteiger charge is -2.09. The van der Waals surface area contributed by atoms with Crippen LogP contribution in [0, 0.1) is 18.6 Å². The van der Waals surface area contributed by atoms with Gasteiger partial charge in [-0.05, 0) is 37.6 Å². The summed E-state index contributed by atoms with van der Waals surface area (Å²) in [7, 11) is 0. The Morgan fingerprint density at radius 1 is 1.14 bits per heavy atom. The van der Waals surface area contributed by atoms with Crippen molar-refractivity contribution in [3.63, 3.8) is 0 Å². The molecule has 1 heterocycles. The Bertz CT molecular complexity index is 603. The minimum absolute atomic E-state index is 0.249. The third-order valence-corrected chi connectivity index (χ3v) is 3.80. The molecule has 0 spiro atoms. The molecule has 6 heteroatoms. The van der Waals surface area contributed by atoms with Crippen molar-refractivity contribution in [3.05, 3.63) is 47.4 Å². The molecule has 0 bridgehead atoms. The zero-order chi connectivity index (χ0) is 15.2. The minimum atomic E-state index is -0.404. The maximum Gasteiger partial charge on any atom is 0.186 e. The molecule has 0 amide bonds. The van der Waals surface area contributed by atoms with E-state index in [0.717, 1.165) is 11.3 Å². The van der Waals surface area contributed by atoms with E-state index in [2.05, 4.69) is 15.3 Å². The molecule has 0 unspecified atom stereocenters. The van der Waals surface area contributed by atoms with Gasteiger partial charge in [-0.2, -0.15) is 0 Å². The maximum absolute atomic E-state index is 13.9. The SMILES string of the molecule is CCCNc1nc(CSc2ccc(F)cc2)nc(C)c1F. The van der Waals surface area contributed by atoms with E-state index in [4.69, 9.17) is 0 Å². The van der Waals surface area contributed by atoms with Gasteiger partial charge in [0.2, 0.25) is 0 Å². The molecule has 0 fully saturated rings. The Hall–Kier alpha value is -1.69. The monoisotopic (exact) mass is 309 g/mol. The molecule has 0 aliphatic heterocycles. The maximum atomic E-state index is 13.9. The van der Waals surface area contributed by atoms with Crippen molar-refractivity contribution in [2.75, 3.05) is 11.9 Å². The number of nitrogens with zero attached hydrogens (tertiary/aromatic N) is 2. The van der Waals surface area contributed by atoms with E-state index in [0.29, 0.717) is 23.8 Å². The van der Waals surface area contributed by atoms with E-state index < -0.39 is 5.82 Å². The molecule has 3 nitrogen and oxygen atoms in total. The zero-order valence-electron chi connectivity index (χ0n) is 12.0. The second-order valence-electron chi connectivity index (χ2n) is 4.56. The van der Waals surface area contributed by atoms with Crippen LogP contribution in [0.2, 0.25) is 0 Å². The van der Waals surface area contributed by atoms with Crippen molar-refractivity contribution >= 4 is 17.6 Å². The first-order valence-electron chi connectivity index (χ1n) is 6.75. The fraction of sp³-hybridized carbons (Fsp3) is 0.333. The Morgan fingerprint density at radius 3 is 2.52 bits per heavy atom. The lowest BCUT2D eigenvalue weighted by atomic mass is 10.3. The van der Waals surface area contributed by atoms with Gasteiger partial charge >= 0.3 is 0 Å². The molecular weight excluding hydrogens is 292 g/mol.